The summed E-state index contributed by atoms with van der Waals surface area (Å²) < 4.78 is 13.3. The molecule has 5 rings (SSSR count). The maximum Gasteiger partial charge on any atom is 0.273 e. The first-order chi connectivity index (χ1) is 14.1. The zero-order chi connectivity index (χ0) is 20.0. The molecule has 2 aromatic heterocycles. The Balaban J connectivity index is 1.61. The second kappa shape index (κ2) is 7.13. The number of nitrogens with one attached hydrogen (secondary N) is 1. The molecule has 1 amide bonds. The van der Waals surface area contributed by atoms with Crippen molar-refractivity contribution in [3.05, 3.63) is 98.6 Å². The molecule has 0 saturated carbocycles. The van der Waals surface area contributed by atoms with Gasteiger partial charge in [-0.3, -0.25) is 9.89 Å². The molecule has 7 heteroatoms. The van der Waals surface area contributed by atoms with E-state index >= 15 is 0 Å². The maximum atomic E-state index is 13.3. The minimum Gasteiger partial charge on any atom is -0.321 e. The van der Waals surface area contributed by atoms with Gasteiger partial charge in [-0.25, -0.2) is 4.39 Å². The van der Waals surface area contributed by atoms with Gasteiger partial charge in [0.05, 0.1) is 11.7 Å². The molecule has 144 valence electrons. The number of benzene rings is 2. The molecule has 0 saturated heterocycles. The third-order valence-corrected chi connectivity index (χ3v) is 6.24. The smallest absolute Gasteiger partial charge is 0.273 e. The van der Waals surface area contributed by atoms with E-state index in [9.17, 15) is 9.18 Å². The monoisotopic (exact) mass is 423 g/mol. The number of carbonyl (C=O) groups is 1. The van der Waals surface area contributed by atoms with Crippen LogP contribution in [0.3, 0.4) is 0 Å². The summed E-state index contributed by atoms with van der Waals surface area (Å²) in [5.74, 6) is -0.411. The summed E-state index contributed by atoms with van der Waals surface area (Å²) >= 11 is 7.63. The highest BCUT2D eigenvalue weighted by atomic mass is 35.5. The van der Waals surface area contributed by atoms with E-state index in [4.69, 9.17) is 11.6 Å². The second-order valence-corrected chi connectivity index (χ2v) is 8.26. The van der Waals surface area contributed by atoms with Crippen LogP contribution in [0, 0.1) is 5.82 Å². The predicted octanol–water partition coefficient (Wildman–Crippen LogP) is 5.68. The molecule has 0 spiro atoms. The fourth-order valence-electron chi connectivity index (χ4n) is 3.72. The average Bonchev–Trinajstić information content (AvgIpc) is 3.44. The van der Waals surface area contributed by atoms with Crippen molar-refractivity contribution < 1.29 is 9.18 Å². The molecule has 1 aliphatic rings. The Labute approximate surface area is 175 Å². The van der Waals surface area contributed by atoms with Crippen LogP contribution in [-0.2, 0) is 6.54 Å². The molecule has 4 nitrogen and oxygen atoms in total. The van der Waals surface area contributed by atoms with Crippen molar-refractivity contribution in [3.8, 4) is 11.3 Å². The maximum absolute atomic E-state index is 13.3. The average molecular weight is 424 g/mol. The van der Waals surface area contributed by atoms with E-state index in [0.29, 0.717) is 17.3 Å². The van der Waals surface area contributed by atoms with Gasteiger partial charge in [0.2, 0.25) is 0 Å². The van der Waals surface area contributed by atoms with Crippen molar-refractivity contribution in [2.75, 3.05) is 0 Å². The lowest BCUT2D eigenvalue weighted by molar-refractivity contribution is 0.0732. The van der Waals surface area contributed by atoms with Crippen LogP contribution in [0.1, 0.15) is 32.5 Å². The number of H-pyrrole nitrogens is 1. The fourth-order valence-corrected chi connectivity index (χ4v) is 4.69. The summed E-state index contributed by atoms with van der Waals surface area (Å²) in [7, 11) is 0. The molecule has 4 aromatic rings. The molecule has 1 N–H and O–H groups in total. The summed E-state index contributed by atoms with van der Waals surface area (Å²) in [5, 5.41) is 10.0. The SMILES string of the molecule is O=C1c2[nH]nc(-c3ccc(Cl)cc3)c2C(c2cccs2)N1Cc1ccc(F)cc1. The van der Waals surface area contributed by atoms with E-state index in [1.807, 2.05) is 41.8 Å². The summed E-state index contributed by atoms with van der Waals surface area (Å²) in [6.45, 7) is 0.379. The lowest BCUT2D eigenvalue weighted by atomic mass is 10.0. The number of carbonyl (C=O) groups excluding carboxylic acids is 1. The minimum atomic E-state index is -0.296. The zero-order valence-corrected chi connectivity index (χ0v) is 16.7. The summed E-state index contributed by atoms with van der Waals surface area (Å²) in [5.41, 5.74) is 3.86. The predicted molar refractivity (Wildman–Crippen MR) is 111 cm³/mol. The lowest BCUT2D eigenvalue weighted by Crippen LogP contribution is -2.28. The molecule has 0 radical (unpaired) electrons. The van der Waals surface area contributed by atoms with Gasteiger partial charge < -0.3 is 4.90 Å². The lowest BCUT2D eigenvalue weighted by Gasteiger charge is -2.25. The molecule has 29 heavy (non-hydrogen) atoms. The Morgan fingerprint density at radius 1 is 1.10 bits per heavy atom. The number of halogens is 2. The van der Waals surface area contributed by atoms with Crippen molar-refractivity contribution in [2.24, 2.45) is 0 Å². The Hall–Kier alpha value is -2.96. The Kier molecular flexibility index (Phi) is 4.45. The number of fused-ring (bicyclic) bond motifs is 1. The molecule has 2 aromatic carbocycles. The topological polar surface area (TPSA) is 49.0 Å². The number of thiophene rings is 1. The molecule has 1 atom stereocenters. The van der Waals surface area contributed by atoms with E-state index in [1.165, 1.54) is 12.1 Å². The van der Waals surface area contributed by atoms with Crippen LogP contribution in [0.2, 0.25) is 5.02 Å². The van der Waals surface area contributed by atoms with Gasteiger partial charge in [-0.15, -0.1) is 11.3 Å². The van der Waals surface area contributed by atoms with E-state index in [1.54, 1.807) is 28.4 Å². The number of hydrogen-bond donors (Lipinski definition) is 1. The largest absolute Gasteiger partial charge is 0.321 e. The van der Waals surface area contributed by atoms with Gasteiger partial charge >= 0.3 is 0 Å². The van der Waals surface area contributed by atoms with Crippen molar-refractivity contribution in [1.82, 2.24) is 15.1 Å². The van der Waals surface area contributed by atoms with E-state index in [2.05, 4.69) is 10.2 Å². The van der Waals surface area contributed by atoms with Crippen LogP contribution in [-0.4, -0.2) is 21.0 Å². The normalized spacial score (nSPS) is 15.7. The van der Waals surface area contributed by atoms with Crippen molar-refractivity contribution in [3.63, 3.8) is 0 Å². The van der Waals surface area contributed by atoms with Crippen molar-refractivity contribution >= 4 is 28.8 Å². The van der Waals surface area contributed by atoms with Crippen LogP contribution in [0.4, 0.5) is 4.39 Å². The standard InChI is InChI=1S/C22H15ClFN3OS/c23-15-7-5-14(6-8-15)19-18-20(26-25-19)22(28)27(21(18)17-2-1-11-29-17)12-13-3-9-16(24)10-4-13/h1-11,21H,12H2,(H,25,26). The Morgan fingerprint density at radius 3 is 2.55 bits per heavy atom. The van der Waals surface area contributed by atoms with Crippen LogP contribution in [0.5, 0.6) is 0 Å². The highest BCUT2D eigenvalue weighted by molar-refractivity contribution is 7.10. The van der Waals surface area contributed by atoms with Gasteiger partial charge in [0.15, 0.2) is 0 Å². The molecule has 0 aliphatic carbocycles. The summed E-state index contributed by atoms with van der Waals surface area (Å²) in [4.78, 5) is 16.1. The minimum absolute atomic E-state index is 0.115. The van der Waals surface area contributed by atoms with Gasteiger partial charge in [-0.1, -0.05) is 41.9 Å². The van der Waals surface area contributed by atoms with Crippen LogP contribution in [0.25, 0.3) is 11.3 Å². The molecule has 0 bridgehead atoms. The number of nitrogens with zero attached hydrogens (tertiary/aromatic N) is 2. The first-order valence-corrected chi connectivity index (χ1v) is 10.3. The van der Waals surface area contributed by atoms with E-state index in [0.717, 1.165) is 27.3 Å². The number of rotatable bonds is 4. The zero-order valence-electron chi connectivity index (χ0n) is 15.1. The third kappa shape index (κ3) is 3.14. The summed E-state index contributed by atoms with van der Waals surface area (Å²) in [6, 6.07) is 17.4. The van der Waals surface area contributed by atoms with Crippen LogP contribution < -0.4 is 0 Å². The number of hydrogen-bond acceptors (Lipinski definition) is 3. The molecule has 1 unspecified atom stereocenters. The number of aromatic amines is 1. The molecular weight excluding hydrogens is 409 g/mol. The second-order valence-electron chi connectivity index (χ2n) is 6.85. The van der Waals surface area contributed by atoms with Crippen LogP contribution >= 0.6 is 22.9 Å². The highest BCUT2D eigenvalue weighted by Crippen LogP contribution is 2.44. The molecule has 1 aliphatic heterocycles. The number of amides is 1. The van der Waals surface area contributed by atoms with Gasteiger partial charge in [0.1, 0.15) is 11.5 Å². The Bertz CT molecular complexity index is 1170. The molecular formula is C22H15ClFN3OS. The fraction of sp³-hybridized carbons (Fsp3) is 0.0909. The van der Waals surface area contributed by atoms with Gasteiger partial charge in [-0.05, 0) is 41.3 Å². The third-order valence-electron chi connectivity index (χ3n) is 5.06. The van der Waals surface area contributed by atoms with Crippen LogP contribution in [0.15, 0.2) is 66.0 Å². The first kappa shape index (κ1) is 18.1. The van der Waals surface area contributed by atoms with E-state index < -0.39 is 0 Å². The highest BCUT2D eigenvalue weighted by Gasteiger charge is 2.42. The van der Waals surface area contributed by atoms with E-state index in [-0.39, 0.29) is 17.8 Å². The van der Waals surface area contributed by atoms with Gasteiger partial charge in [-0.2, -0.15) is 5.10 Å². The quantitative estimate of drug-likeness (QED) is 0.459. The number of aromatic nitrogens is 2. The van der Waals surface area contributed by atoms with Crippen molar-refractivity contribution in [2.45, 2.75) is 12.6 Å². The van der Waals surface area contributed by atoms with Gasteiger partial charge in [0, 0.05) is 27.6 Å². The summed E-state index contributed by atoms with van der Waals surface area (Å²) in [6.07, 6.45) is 0. The van der Waals surface area contributed by atoms with Gasteiger partial charge in [0.25, 0.3) is 5.91 Å². The molecule has 3 heterocycles. The first-order valence-electron chi connectivity index (χ1n) is 9.05. The Morgan fingerprint density at radius 2 is 1.86 bits per heavy atom. The van der Waals surface area contributed by atoms with Crippen molar-refractivity contribution in [1.29, 1.82) is 0 Å². The molecule has 0 fully saturated rings.